The molecular formula is C24H44O8. The second-order valence-corrected chi connectivity index (χ2v) is 8.81. The van der Waals surface area contributed by atoms with E-state index in [9.17, 15) is 25.2 Å². The SMILES string of the molecule is CC(CCCCCC/C=C\CCCCCCCC(=O)O)O[C@@H]1O[C@H](CO)[C@@H](O)[C@H](O)[C@H]1O. The topological polar surface area (TPSA) is 137 Å². The number of rotatable bonds is 18. The molecule has 188 valence electrons. The zero-order valence-corrected chi connectivity index (χ0v) is 19.5. The number of aliphatic carboxylic acids is 1. The van der Waals surface area contributed by atoms with Gasteiger partial charge in [0.05, 0.1) is 12.7 Å². The molecule has 1 aliphatic rings. The monoisotopic (exact) mass is 460 g/mol. The van der Waals surface area contributed by atoms with Crippen LogP contribution in [0.25, 0.3) is 0 Å². The molecule has 0 bridgehead atoms. The molecule has 1 heterocycles. The highest BCUT2D eigenvalue weighted by Gasteiger charge is 2.44. The number of allylic oxidation sites excluding steroid dienone is 2. The van der Waals surface area contributed by atoms with Gasteiger partial charge in [0, 0.05) is 6.42 Å². The molecule has 1 aliphatic heterocycles. The van der Waals surface area contributed by atoms with Crippen LogP contribution >= 0.6 is 0 Å². The Kier molecular flexibility index (Phi) is 15.8. The number of carboxylic acids is 1. The van der Waals surface area contributed by atoms with Crippen molar-refractivity contribution >= 4 is 5.97 Å². The van der Waals surface area contributed by atoms with Crippen molar-refractivity contribution in [1.82, 2.24) is 0 Å². The number of hydrogen-bond donors (Lipinski definition) is 5. The summed E-state index contributed by atoms with van der Waals surface area (Å²) in [5, 5.41) is 47.4. The number of aliphatic hydroxyl groups is 4. The molecule has 8 nitrogen and oxygen atoms in total. The summed E-state index contributed by atoms with van der Waals surface area (Å²) in [4.78, 5) is 10.4. The number of carbonyl (C=O) groups is 1. The van der Waals surface area contributed by atoms with E-state index in [1.54, 1.807) is 0 Å². The van der Waals surface area contributed by atoms with Gasteiger partial charge in [-0.1, -0.05) is 50.7 Å². The lowest BCUT2D eigenvalue weighted by atomic mass is 9.99. The zero-order valence-electron chi connectivity index (χ0n) is 19.5. The minimum absolute atomic E-state index is 0.166. The van der Waals surface area contributed by atoms with Crippen molar-refractivity contribution in [3.05, 3.63) is 12.2 Å². The van der Waals surface area contributed by atoms with E-state index in [4.69, 9.17) is 14.6 Å². The van der Waals surface area contributed by atoms with E-state index in [0.717, 1.165) is 77.0 Å². The van der Waals surface area contributed by atoms with E-state index in [1.807, 2.05) is 6.92 Å². The molecule has 1 fully saturated rings. The maximum atomic E-state index is 10.4. The first kappa shape index (κ1) is 29.0. The van der Waals surface area contributed by atoms with E-state index in [-0.39, 0.29) is 12.5 Å². The summed E-state index contributed by atoms with van der Waals surface area (Å²) in [6.45, 7) is 1.43. The summed E-state index contributed by atoms with van der Waals surface area (Å²) < 4.78 is 11.1. The van der Waals surface area contributed by atoms with Gasteiger partial charge >= 0.3 is 5.97 Å². The van der Waals surface area contributed by atoms with Gasteiger partial charge in [-0.2, -0.15) is 0 Å². The zero-order chi connectivity index (χ0) is 23.8. The molecule has 1 saturated heterocycles. The van der Waals surface area contributed by atoms with Crippen LogP contribution in [0.5, 0.6) is 0 Å². The maximum Gasteiger partial charge on any atom is 0.303 e. The Labute approximate surface area is 192 Å². The lowest BCUT2D eigenvalue weighted by Crippen LogP contribution is -2.59. The molecule has 1 unspecified atom stereocenters. The Morgan fingerprint density at radius 1 is 0.875 bits per heavy atom. The minimum atomic E-state index is -1.41. The summed E-state index contributed by atoms with van der Waals surface area (Å²) in [6.07, 6.45) is 11.0. The third-order valence-electron chi connectivity index (χ3n) is 5.87. The molecule has 6 atom stereocenters. The summed E-state index contributed by atoms with van der Waals surface area (Å²) in [7, 11) is 0. The molecule has 8 heteroatoms. The van der Waals surface area contributed by atoms with Crippen molar-refractivity contribution in [2.24, 2.45) is 0 Å². The number of aliphatic hydroxyl groups excluding tert-OH is 4. The molecular weight excluding hydrogens is 416 g/mol. The van der Waals surface area contributed by atoms with Crippen LogP contribution < -0.4 is 0 Å². The maximum absolute atomic E-state index is 10.4. The molecule has 0 aliphatic carbocycles. The molecule has 0 aromatic heterocycles. The van der Waals surface area contributed by atoms with Crippen molar-refractivity contribution in [3.63, 3.8) is 0 Å². The lowest BCUT2D eigenvalue weighted by Gasteiger charge is -2.40. The van der Waals surface area contributed by atoms with Crippen LogP contribution in [0.4, 0.5) is 0 Å². The first-order valence-corrected chi connectivity index (χ1v) is 12.2. The number of carboxylic acid groups (broad SMARTS) is 1. The van der Waals surface area contributed by atoms with Crippen LogP contribution in [0.1, 0.15) is 90.4 Å². The highest BCUT2D eigenvalue weighted by atomic mass is 16.7. The van der Waals surface area contributed by atoms with Crippen molar-refractivity contribution in [1.29, 1.82) is 0 Å². The van der Waals surface area contributed by atoms with Crippen LogP contribution in [-0.4, -0.2) is 74.9 Å². The lowest BCUT2D eigenvalue weighted by molar-refractivity contribution is -0.310. The molecule has 0 saturated carbocycles. The molecule has 0 amide bonds. The first-order valence-electron chi connectivity index (χ1n) is 12.2. The molecule has 0 radical (unpaired) electrons. The predicted octanol–water partition coefficient (Wildman–Crippen LogP) is 2.90. The molecule has 1 rings (SSSR count). The summed E-state index contributed by atoms with van der Waals surface area (Å²) in [5.74, 6) is -0.705. The fraction of sp³-hybridized carbons (Fsp3) is 0.875. The standard InChI is InChI=1S/C24H44O8/c1-18(31-24-23(30)22(29)21(28)19(17-25)32-24)15-13-11-9-7-5-3-2-4-6-8-10-12-14-16-20(26)27/h2-3,18-19,21-25,28-30H,4-17H2,1H3,(H,26,27)/b3-2-/t18?,19-,21-,22+,23-,24-/m1/s1. The average molecular weight is 461 g/mol. The first-order chi connectivity index (χ1) is 15.4. The van der Waals surface area contributed by atoms with Crippen molar-refractivity contribution in [3.8, 4) is 0 Å². The van der Waals surface area contributed by atoms with Crippen molar-refractivity contribution in [2.45, 2.75) is 127 Å². The number of unbranched alkanes of at least 4 members (excludes halogenated alkanes) is 9. The highest BCUT2D eigenvalue weighted by Crippen LogP contribution is 2.24. The van der Waals surface area contributed by atoms with E-state index >= 15 is 0 Å². The Hall–Kier alpha value is -1.03. The normalized spacial score (nSPS) is 27.1. The average Bonchev–Trinajstić information content (AvgIpc) is 2.76. The summed E-state index contributed by atoms with van der Waals surface area (Å²) >= 11 is 0. The number of hydrogen-bond acceptors (Lipinski definition) is 7. The predicted molar refractivity (Wildman–Crippen MR) is 121 cm³/mol. The van der Waals surface area contributed by atoms with Gasteiger partial charge < -0.3 is 35.0 Å². The van der Waals surface area contributed by atoms with E-state index in [1.165, 1.54) is 0 Å². The van der Waals surface area contributed by atoms with Crippen LogP contribution in [-0.2, 0) is 14.3 Å². The molecule has 0 spiro atoms. The van der Waals surface area contributed by atoms with Crippen LogP contribution in [0, 0.1) is 0 Å². The van der Waals surface area contributed by atoms with Crippen LogP contribution in [0.3, 0.4) is 0 Å². The molecule has 32 heavy (non-hydrogen) atoms. The molecule has 0 aromatic carbocycles. The van der Waals surface area contributed by atoms with Gasteiger partial charge in [-0.3, -0.25) is 4.79 Å². The third kappa shape index (κ3) is 12.3. The van der Waals surface area contributed by atoms with Gasteiger partial charge in [0.25, 0.3) is 0 Å². The van der Waals surface area contributed by atoms with Crippen LogP contribution in [0.15, 0.2) is 12.2 Å². The van der Waals surface area contributed by atoms with Gasteiger partial charge in [0.1, 0.15) is 24.4 Å². The smallest absolute Gasteiger partial charge is 0.303 e. The van der Waals surface area contributed by atoms with Crippen molar-refractivity contribution in [2.75, 3.05) is 6.61 Å². The Morgan fingerprint density at radius 3 is 2.03 bits per heavy atom. The fourth-order valence-corrected chi connectivity index (χ4v) is 3.83. The Bertz CT molecular complexity index is 510. The van der Waals surface area contributed by atoms with Gasteiger partial charge in [0.2, 0.25) is 0 Å². The Balaban J connectivity index is 1.98. The molecule has 0 aromatic rings. The van der Waals surface area contributed by atoms with Crippen molar-refractivity contribution < 1.29 is 39.8 Å². The Morgan fingerprint density at radius 2 is 1.44 bits per heavy atom. The largest absolute Gasteiger partial charge is 0.481 e. The second kappa shape index (κ2) is 17.4. The van der Waals surface area contributed by atoms with Gasteiger partial charge in [-0.15, -0.1) is 0 Å². The number of ether oxygens (including phenoxy) is 2. The van der Waals surface area contributed by atoms with E-state index < -0.39 is 43.3 Å². The molecule has 5 N–H and O–H groups in total. The van der Waals surface area contributed by atoms with Gasteiger partial charge in [0.15, 0.2) is 6.29 Å². The minimum Gasteiger partial charge on any atom is -0.481 e. The second-order valence-electron chi connectivity index (χ2n) is 8.81. The summed E-state index contributed by atoms with van der Waals surface area (Å²) in [6, 6.07) is 0. The summed E-state index contributed by atoms with van der Waals surface area (Å²) in [5.41, 5.74) is 0. The quantitative estimate of drug-likeness (QED) is 0.156. The highest BCUT2D eigenvalue weighted by molar-refractivity contribution is 5.66. The van der Waals surface area contributed by atoms with Gasteiger partial charge in [-0.25, -0.2) is 0 Å². The van der Waals surface area contributed by atoms with E-state index in [2.05, 4.69) is 12.2 Å². The fourth-order valence-electron chi connectivity index (χ4n) is 3.83. The third-order valence-corrected chi connectivity index (χ3v) is 5.87. The van der Waals surface area contributed by atoms with E-state index in [0.29, 0.717) is 0 Å². The van der Waals surface area contributed by atoms with Gasteiger partial charge in [-0.05, 0) is 45.4 Å². The van der Waals surface area contributed by atoms with Crippen LogP contribution in [0.2, 0.25) is 0 Å².